The predicted octanol–water partition coefficient (Wildman–Crippen LogP) is 1.03. The van der Waals surface area contributed by atoms with Crippen molar-refractivity contribution in [2.45, 2.75) is 12.8 Å². The molecule has 118 valence electrons. The molecule has 1 unspecified atom stereocenters. The lowest BCUT2D eigenvalue weighted by atomic mass is 10.1. The van der Waals surface area contributed by atoms with Gasteiger partial charge in [0, 0.05) is 5.56 Å². The van der Waals surface area contributed by atoms with Gasteiger partial charge in [-0.3, -0.25) is 24.3 Å². The van der Waals surface area contributed by atoms with Crippen LogP contribution in [0, 0.1) is 21.4 Å². The number of phosphoric ester groups is 1. The van der Waals surface area contributed by atoms with Gasteiger partial charge in [0.05, 0.1) is 36.5 Å². The van der Waals surface area contributed by atoms with Crippen LogP contribution in [-0.4, -0.2) is 22.3 Å². The van der Waals surface area contributed by atoms with Gasteiger partial charge >= 0.3 is 7.82 Å². The Labute approximate surface area is 124 Å². The Bertz CT molecular complexity index is 670. The molecule has 0 aromatic heterocycles. The number of amides is 1. The lowest BCUT2D eigenvalue weighted by Crippen LogP contribution is -2.14. The van der Waals surface area contributed by atoms with Gasteiger partial charge in [0.15, 0.2) is 0 Å². The molecular formula is C11H12N3O7P. The number of phosphoric acid groups is 1. The summed E-state index contributed by atoms with van der Waals surface area (Å²) in [6.45, 7) is -0.327. The highest BCUT2D eigenvalue weighted by Gasteiger charge is 2.25. The predicted molar refractivity (Wildman–Crippen MR) is 72.6 cm³/mol. The lowest BCUT2D eigenvalue weighted by molar-refractivity contribution is -0.385. The number of hydrogen-bond acceptors (Lipinski definition) is 7. The first kappa shape index (κ1) is 17.6. The Morgan fingerprint density at radius 2 is 2.23 bits per heavy atom. The van der Waals surface area contributed by atoms with Crippen LogP contribution in [0.4, 0.5) is 5.69 Å². The average Bonchev–Trinajstić information content (AvgIpc) is 2.39. The molecule has 3 N–H and O–H groups in total. The largest absolute Gasteiger partial charge is 0.527 e. The second-order valence-corrected chi connectivity index (χ2v) is 5.37. The maximum atomic E-state index is 11.6. The van der Waals surface area contributed by atoms with E-state index < -0.39 is 24.3 Å². The van der Waals surface area contributed by atoms with E-state index in [1.807, 2.05) is 0 Å². The fourth-order valence-corrected chi connectivity index (χ4v) is 2.23. The van der Waals surface area contributed by atoms with Crippen LogP contribution in [-0.2, 0) is 20.3 Å². The molecular weight excluding hydrogens is 317 g/mol. The van der Waals surface area contributed by atoms with Gasteiger partial charge < -0.3 is 10.3 Å². The number of carbonyl (C=O) groups excluding carboxylic acids is 1. The zero-order valence-electron chi connectivity index (χ0n) is 11.2. The summed E-state index contributed by atoms with van der Waals surface area (Å²) in [5, 5.41) is 19.2. The maximum Gasteiger partial charge on any atom is 0.527 e. The Morgan fingerprint density at radius 1 is 1.55 bits per heavy atom. The van der Waals surface area contributed by atoms with E-state index in [1.54, 1.807) is 6.07 Å². The van der Waals surface area contributed by atoms with Gasteiger partial charge in [0.2, 0.25) is 5.91 Å². The van der Waals surface area contributed by atoms with Crippen LogP contribution < -0.4 is 10.3 Å². The number of nitriles is 1. The van der Waals surface area contributed by atoms with E-state index in [-0.39, 0.29) is 30.8 Å². The molecule has 1 aromatic carbocycles. The second-order valence-electron chi connectivity index (χ2n) is 3.99. The summed E-state index contributed by atoms with van der Waals surface area (Å²) in [6, 6.07) is 4.95. The van der Waals surface area contributed by atoms with Crippen LogP contribution >= 0.6 is 7.82 Å². The zero-order valence-corrected chi connectivity index (χ0v) is 12.1. The third kappa shape index (κ3) is 5.49. The highest BCUT2D eigenvalue weighted by atomic mass is 31.2. The van der Waals surface area contributed by atoms with E-state index >= 15 is 0 Å². The number of primary amides is 1. The third-order valence-corrected chi connectivity index (χ3v) is 3.26. The van der Waals surface area contributed by atoms with Crippen LogP contribution in [0.1, 0.15) is 12.0 Å². The molecule has 0 saturated heterocycles. The molecule has 1 rings (SSSR count). The smallest absolute Gasteiger partial charge is 0.404 e. The summed E-state index contributed by atoms with van der Waals surface area (Å²) in [5.74, 6) is -1.05. The monoisotopic (exact) mass is 329 g/mol. The number of nitrogens with zero attached hydrogens (tertiary/aromatic N) is 2. The molecule has 0 saturated carbocycles. The van der Waals surface area contributed by atoms with Gasteiger partial charge in [-0.05, 0) is 12.1 Å². The van der Waals surface area contributed by atoms with Crippen LogP contribution in [0.15, 0.2) is 18.2 Å². The first-order chi connectivity index (χ1) is 10.2. The number of nitro benzene ring substituents is 1. The third-order valence-electron chi connectivity index (χ3n) is 2.31. The lowest BCUT2D eigenvalue weighted by Gasteiger charge is -2.12. The minimum absolute atomic E-state index is 0.0445. The van der Waals surface area contributed by atoms with Crippen LogP contribution in [0.3, 0.4) is 0 Å². The number of nitrogens with two attached hydrogens (primary N) is 1. The van der Waals surface area contributed by atoms with Gasteiger partial charge in [-0.15, -0.1) is 0 Å². The Balaban J connectivity index is 2.95. The summed E-state index contributed by atoms with van der Waals surface area (Å²) < 4.78 is 20.7. The van der Waals surface area contributed by atoms with Crippen molar-refractivity contribution in [2.24, 2.45) is 5.73 Å². The van der Waals surface area contributed by atoms with Gasteiger partial charge in [-0.1, -0.05) is 0 Å². The van der Waals surface area contributed by atoms with Crippen molar-refractivity contribution in [3.8, 4) is 11.8 Å². The van der Waals surface area contributed by atoms with Crippen molar-refractivity contribution < 1.29 is 28.2 Å². The van der Waals surface area contributed by atoms with Crippen LogP contribution in [0.25, 0.3) is 0 Å². The highest BCUT2D eigenvalue weighted by Crippen LogP contribution is 2.44. The van der Waals surface area contributed by atoms with Gasteiger partial charge in [-0.25, -0.2) is 4.57 Å². The van der Waals surface area contributed by atoms with E-state index in [2.05, 4.69) is 9.05 Å². The summed E-state index contributed by atoms with van der Waals surface area (Å²) in [4.78, 5) is 30.4. The number of hydrogen-bond donors (Lipinski definition) is 2. The standard InChI is InChI=1S/C11H12N3O7P/c12-4-1-5-20-22(18,19)21-9-3-2-8(6-11(13)15)10(7-9)14(16)17/h2-3,7H,1,5-6H2,(H2,13,15)(H,18,19). The van der Waals surface area contributed by atoms with E-state index in [0.29, 0.717) is 0 Å². The minimum Gasteiger partial charge on any atom is -0.404 e. The summed E-state index contributed by atoms with van der Waals surface area (Å²) in [6.07, 6.45) is -0.475. The average molecular weight is 329 g/mol. The number of rotatable bonds is 8. The van der Waals surface area contributed by atoms with E-state index in [0.717, 1.165) is 6.07 Å². The fourth-order valence-electron chi connectivity index (χ4n) is 1.47. The molecule has 22 heavy (non-hydrogen) atoms. The molecule has 0 aliphatic rings. The van der Waals surface area contributed by atoms with Gasteiger partial charge in [0.1, 0.15) is 5.75 Å². The molecule has 0 radical (unpaired) electrons. The maximum absolute atomic E-state index is 11.6. The van der Waals surface area contributed by atoms with E-state index in [4.69, 9.17) is 11.0 Å². The first-order valence-electron chi connectivity index (χ1n) is 5.84. The van der Waals surface area contributed by atoms with Crippen molar-refractivity contribution >= 4 is 19.4 Å². The molecule has 0 bridgehead atoms. The fraction of sp³-hybridized carbons (Fsp3) is 0.273. The normalized spacial score (nSPS) is 12.9. The summed E-state index contributed by atoms with van der Waals surface area (Å²) in [5.41, 5.74) is 4.54. The molecule has 0 fully saturated rings. The summed E-state index contributed by atoms with van der Waals surface area (Å²) in [7, 11) is -4.50. The molecule has 0 aliphatic carbocycles. The van der Waals surface area contributed by atoms with Crippen molar-refractivity contribution in [3.05, 3.63) is 33.9 Å². The van der Waals surface area contributed by atoms with Crippen molar-refractivity contribution in [1.29, 1.82) is 5.26 Å². The van der Waals surface area contributed by atoms with Crippen LogP contribution in [0.5, 0.6) is 5.75 Å². The molecule has 0 spiro atoms. The molecule has 10 nitrogen and oxygen atoms in total. The molecule has 0 aliphatic heterocycles. The summed E-state index contributed by atoms with van der Waals surface area (Å²) >= 11 is 0. The van der Waals surface area contributed by atoms with Crippen molar-refractivity contribution in [3.63, 3.8) is 0 Å². The van der Waals surface area contributed by atoms with E-state index in [9.17, 15) is 24.4 Å². The molecule has 1 aromatic rings. The van der Waals surface area contributed by atoms with E-state index in [1.165, 1.54) is 12.1 Å². The first-order valence-corrected chi connectivity index (χ1v) is 7.34. The topological polar surface area (TPSA) is 166 Å². The van der Waals surface area contributed by atoms with Gasteiger partial charge in [0.25, 0.3) is 5.69 Å². The Kier molecular flexibility index (Phi) is 6.00. The molecule has 1 amide bonds. The Morgan fingerprint density at radius 3 is 2.77 bits per heavy atom. The number of nitro groups is 1. The van der Waals surface area contributed by atoms with Crippen molar-refractivity contribution in [1.82, 2.24) is 0 Å². The SMILES string of the molecule is N#CCCOP(=O)(O)Oc1ccc(CC(N)=O)c([N+](=O)[O-])c1. The Hall–Kier alpha value is -2.47. The quantitative estimate of drug-likeness (QED) is 0.309. The van der Waals surface area contributed by atoms with Crippen molar-refractivity contribution in [2.75, 3.05) is 6.61 Å². The zero-order chi connectivity index (χ0) is 16.8. The van der Waals surface area contributed by atoms with Crippen LogP contribution in [0.2, 0.25) is 0 Å². The molecule has 11 heteroatoms. The molecule has 1 atom stereocenters. The number of benzene rings is 1. The van der Waals surface area contributed by atoms with Gasteiger partial charge in [-0.2, -0.15) is 5.26 Å². The molecule has 0 heterocycles. The minimum atomic E-state index is -4.50. The number of carbonyl (C=O) groups is 1. The second kappa shape index (κ2) is 7.51. The highest BCUT2D eigenvalue weighted by molar-refractivity contribution is 7.47.